The summed E-state index contributed by atoms with van der Waals surface area (Å²) in [5.41, 5.74) is 0. The molecule has 0 aromatic heterocycles. The molecule has 2 aliphatic rings. The first-order valence-electron chi connectivity index (χ1n) is 4.88. The Kier molecular flexibility index (Phi) is 2.36. The molecule has 0 unspecified atom stereocenters. The lowest BCUT2D eigenvalue weighted by molar-refractivity contribution is -0.125. The fourth-order valence-electron chi connectivity index (χ4n) is 2.39. The van der Waals surface area contributed by atoms with Gasteiger partial charge in [-0.2, -0.15) is 0 Å². The van der Waals surface area contributed by atoms with Crippen molar-refractivity contribution in [1.82, 2.24) is 5.32 Å². The lowest BCUT2D eigenvalue weighted by atomic mass is 9.93. The van der Waals surface area contributed by atoms with Crippen molar-refractivity contribution in [2.45, 2.75) is 12.8 Å². The Morgan fingerprint density at radius 2 is 2.31 bits per heavy atom. The molecule has 2 aliphatic carbocycles. The third-order valence-corrected chi connectivity index (χ3v) is 3.03. The fourth-order valence-corrected chi connectivity index (χ4v) is 2.39. The number of carbonyl (C=O) groups is 1. The maximum absolute atomic E-state index is 11.5. The lowest BCUT2D eigenvalue weighted by Crippen LogP contribution is -2.34. The Morgan fingerprint density at radius 1 is 1.46 bits per heavy atom. The van der Waals surface area contributed by atoms with Crippen molar-refractivity contribution in [3.63, 3.8) is 0 Å². The number of fused-ring (bicyclic) bond motifs is 2. The summed E-state index contributed by atoms with van der Waals surface area (Å²) in [7, 11) is 0. The molecule has 0 aromatic carbocycles. The molecule has 0 heterocycles. The molecule has 0 spiro atoms. The predicted molar refractivity (Wildman–Crippen MR) is 48.9 cm³/mol. The minimum absolute atomic E-state index is 0.0302. The van der Waals surface area contributed by atoms with Crippen LogP contribution in [0.1, 0.15) is 12.8 Å². The van der Waals surface area contributed by atoms with E-state index < -0.39 is 0 Å². The number of aliphatic hydroxyl groups is 1. The van der Waals surface area contributed by atoms with Crippen LogP contribution in [0.2, 0.25) is 0 Å². The van der Waals surface area contributed by atoms with Gasteiger partial charge >= 0.3 is 0 Å². The van der Waals surface area contributed by atoms with Crippen LogP contribution in [0.4, 0.5) is 0 Å². The van der Waals surface area contributed by atoms with Gasteiger partial charge in [0, 0.05) is 12.5 Å². The van der Waals surface area contributed by atoms with E-state index in [4.69, 9.17) is 5.11 Å². The van der Waals surface area contributed by atoms with Crippen LogP contribution in [0.3, 0.4) is 0 Å². The zero-order valence-corrected chi connectivity index (χ0v) is 7.57. The summed E-state index contributed by atoms with van der Waals surface area (Å²) >= 11 is 0. The molecule has 2 rings (SSSR count). The number of rotatable bonds is 3. The molecule has 1 amide bonds. The van der Waals surface area contributed by atoms with Gasteiger partial charge in [0.15, 0.2) is 0 Å². The topological polar surface area (TPSA) is 49.3 Å². The number of nitrogens with one attached hydrogen (secondary N) is 1. The van der Waals surface area contributed by atoms with E-state index >= 15 is 0 Å². The Labute approximate surface area is 77.8 Å². The van der Waals surface area contributed by atoms with E-state index in [9.17, 15) is 4.79 Å². The van der Waals surface area contributed by atoms with Gasteiger partial charge in [-0.15, -0.1) is 0 Å². The second-order valence-corrected chi connectivity index (χ2v) is 3.90. The van der Waals surface area contributed by atoms with Gasteiger partial charge in [0.05, 0.1) is 6.61 Å². The van der Waals surface area contributed by atoms with E-state index in [0.717, 1.165) is 12.8 Å². The summed E-state index contributed by atoms with van der Waals surface area (Å²) in [6, 6.07) is 0. The van der Waals surface area contributed by atoms with Crippen LogP contribution in [0.25, 0.3) is 0 Å². The lowest BCUT2D eigenvalue weighted by Gasteiger charge is -2.16. The zero-order chi connectivity index (χ0) is 9.26. The molecule has 0 radical (unpaired) electrons. The molecule has 13 heavy (non-hydrogen) atoms. The first-order chi connectivity index (χ1) is 6.31. The maximum atomic E-state index is 11.5. The Balaban J connectivity index is 1.88. The largest absolute Gasteiger partial charge is 0.395 e. The Bertz CT molecular complexity index is 237. The highest BCUT2D eigenvalue weighted by Gasteiger charge is 2.39. The fraction of sp³-hybridized carbons (Fsp3) is 0.700. The summed E-state index contributed by atoms with van der Waals surface area (Å²) < 4.78 is 0. The molecule has 2 N–H and O–H groups in total. The van der Waals surface area contributed by atoms with Crippen LogP contribution < -0.4 is 5.32 Å². The van der Waals surface area contributed by atoms with Gasteiger partial charge in [0.1, 0.15) is 0 Å². The van der Waals surface area contributed by atoms with Gasteiger partial charge in [-0.1, -0.05) is 12.2 Å². The van der Waals surface area contributed by atoms with E-state index in [1.165, 1.54) is 0 Å². The average molecular weight is 181 g/mol. The van der Waals surface area contributed by atoms with E-state index in [2.05, 4.69) is 17.5 Å². The van der Waals surface area contributed by atoms with Gasteiger partial charge in [-0.05, 0) is 24.7 Å². The number of hydrogen-bond donors (Lipinski definition) is 2. The highest BCUT2D eigenvalue weighted by Crippen LogP contribution is 2.43. The third kappa shape index (κ3) is 1.61. The smallest absolute Gasteiger partial charge is 0.223 e. The molecule has 72 valence electrons. The second kappa shape index (κ2) is 3.50. The van der Waals surface area contributed by atoms with Gasteiger partial charge in [0.25, 0.3) is 0 Å². The van der Waals surface area contributed by atoms with E-state index in [-0.39, 0.29) is 18.4 Å². The molecule has 2 bridgehead atoms. The van der Waals surface area contributed by atoms with Crippen molar-refractivity contribution in [2.24, 2.45) is 17.8 Å². The molecule has 0 aliphatic heterocycles. The molecule has 3 heteroatoms. The highest BCUT2D eigenvalue weighted by atomic mass is 16.3. The van der Waals surface area contributed by atoms with Crippen molar-refractivity contribution < 1.29 is 9.90 Å². The third-order valence-electron chi connectivity index (χ3n) is 3.03. The van der Waals surface area contributed by atoms with Gasteiger partial charge in [-0.25, -0.2) is 0 Å². The zero-order valence-electron chi connectivity index (χ0n) is 7.57. The number of aliphatic hydroxyl groups excluding tert-OH is 1. The summed E-state index contributed by atoms with van der Waals surface area (Å²) in [5.74, 6) is 1.38. The summed E-state index contributed by atoms with van der Waals surface area (Å²) in [5, 5.41) is 11.3. The van der Waals surface area contributed by atoms with Crippen molar-refractivity contribution in [3.8, 4) is 0 Å². The molecule has 1 saturated carbocycles. The van der Waals surface area contributed by atoms with Crippen molar-refractivity contribution >= 4 is 5.91 Å². The van der Waals surface area contributed by atoms with E-state index in [0.29, 0.717) is 18.4 Å². The van der Waals surface area contributed by atoms with Crippen LogP contribution in [-0.2, 0) is 4.79 Å². The molecule has 0 aromatic rings. The van der Waals surface area contributed by atoms with Crippen LogP contribution in [-0.4, -0.2) is 24.2 Å². The standard InChI is InChI=1S/C10H15NO2/c12-4-3-11-10(13)9-6-7-1-2-8(9)5-7/h1-2,7-9,12H,3-6H2,(H,11,13)/t7-,8+,9+/m1/s1. The van der Waals surface area contributed by atoms with Crippen LogP contribution in [0, 0.1) is 17.8 Å². The Morgan fingerprint density at radius 3 is 2.85 bits per heavy atom. The first-order valence-corrected chi connectivity index (χ1v) is 4.88. The summed E-state index contributed by atoms with van der Waals surface area (Å²) in [4.78, 5) is 11.5. The monoisotopic (exact) mass is 181 g/mol. The second-order valence-electron chi connectivity index (χ2n) is 3.90. The molecule has 3 nitrogen and oxygen atoms in total. The SMILES string of the molecule is O=C(NCCO)[C@H]1C[C@@H]2C=C[C@H]1C2. The van der Waals surface area contributed by atoms with Crippen molar-refractivity contribution in [2.75, 3.05) is 13.2 Å². The van der Waals surface area contributed by atoms with Crippen LogP contribution >= 0.6 is 0 Å². The number of allylic oxidation sites excluding steroid dienone is 2. The van der Waals surface area contributed by atoms with Gasteiger partial charge in [-0.3, -0.25) is 4.79 Å². The maximum Gasteiger partial charge on any atom is 0.223 e. The molecular weight excluding hydrogens is 166 g/mol. The van der Waals surface area contributed by atoms with Gasteiger partial charge < -0.3 is 10.4 Å². The predicted octanol–water partition coefficient (Wildman–Crippen LogP) is 0.307. The van der Waals surface area contributed by atoms with Crippen LogP contribution in [0.5, 0.6) is 0 Å². The van der Waals surface area contributed by atoms with Crippen molar-refractivity contribution in [3.05, 3.63) is 12.2 Å². The molecular formula is C10H15NO2. The molecule has 1 fully saturated rings. The molecule has 0 saturated heterocycles. The number of carbonyl (C=O) groups excluding carboxylic acids is 1. The molecule has 3 atom stereocenters. The van der Waals surface area contributed by atoms with Crippen molar-refractivity contribution in [1.29, 1.82) is 0 Å². The summed E-state index contributed by atoms with van der Waals surface area (Å²) in [6.07, 6.45) is 6.54. The first kappa shape index (κ1) is 8.75. The summed E-state index contributed by atoms with van der Waals surface area (Å²) in [6.45, 7) is 0.416. The minimum Gasteiger partial charge on any atom is -0.395 e. The quantitative estimate of drug-likeness (QED) is 0.615. The minimum atomic E-state index is 0.0302. The normalized spacial score (nSPS) is 35.3. The van der Waals surface area contributed by atoms with E-state index in [1.807, 2.05) is 0 Å². The highest BCUT2D eigenvalue weighted by molar-refractivity contribution is 5.79. The van der Waals surface area contributed by atoms with Gasteiger partial charge in [0.2, 0.25) is 5.91 Å². The average Bonchev–Trinajstić information content (AvgIpc) is 2.74. The van der Waals surface area contributed by atoms with Crippen LogP contribution in [0.15, 0.2) is 12.2 Å². The van der Waals surface area contributed by atoms with E-state index in [1.54, 1.807) is 0 Å². The Hall–Kier alpha value is -0.830. The number of amides is 1. The number of hydrogen-bond acceptors (Lipinski definition) is 2.